The molecule has 3 heterocycles. The molecule has 0 bridgehead atoms. The number of hydrogen-bond acceptors (Lipinski definition) is 4. The van der Waals surface area contributed by atoms with Gasteiger partial charge >= 0.3 is 0 Å². The number of anilines is 4. The first-order chi connectivity index (χ1) is 34.9. The molecule has 74 heavy (non-hydrogen) atoms. The second-order valence-corrected chi connectivity index (χ2v) is 22.7. The van der Waals surface area contributed by atoms with Gasteiger partial charge in [-0.05, 0) is 103 Å². The van der Waals surface area contributed by atoms with Crippen LogP contribution in [0.3, 0.4) is 0 Å². The predicted molar refractivity (Wildman–Crippen MR) is 304 cm³/mol. The molecule has 11 rings (SSSR count). The molecule has 1 aliphatic rings. The summed E-state index contributed by atoms with van der Waals surface area (Å²) >= 11 is 0. The van der Waals surface area contributed by atoms with Crippen LogP contribution in [0.15, 0.2) is 194 Å². The second kappa shape index (κ2) is 19.3. The summed E-state index contributed by atoms with van der Waals surface area (Å²) in [5, 5.41) is 2.20. The Bertz CT molecular complexity index is 3660. The molecule has 0 saturated carbocycles. The summed E-state index contributed by atoms with van der Waals surface area (Å²) < 4.78 is 9.09. The molecule has 10 aromatic rings. The molecular weight excluding hydrogens is 1080 g/mol. The molecule has 1 aliphatic heterocycles. The van der Waals surface area contributed by atoms with Crippen LogP contribution in [-0.4, -0.2) is 9.55 Å². The van der Waals surface area contributed by atoms with Crippen LogP contribution in [0, 0.1) is 18.8 Å². The summed E-state index contributed by atoms with van der Waals surface area (Å²) in [6.45, 7) is 25.0. The fourth-order valence-corrected chi connectivity index (χ4v) is 10.3. The van der Waals surface area contributed by atoms with Gasteiger partial charge in [0.25, 0.3) is 0 Å². The molecule has 374 valence electrons. The standard InChI is InChI=1S/C68H63N4O.Pt/c1-65(2,3)50-30-34-60-63(40-50)71(55-38-47(46-21-14-11-15-22-46)37-53(39-55)66(4,5)6)45-70(60)54-27-20-28-56(43-54)73-57-31-33-59-58-32-29-51(67(7,8)48-23-16-12-17-24-48)41-61(58)72(62(59)44-57)64-42-52(35-36-69-64)68(9,10)49-25-18-13-19-26-49;/h11-42,45H,1-10H3;/q-3;. The van der Waals surface area contributed by atoms with E-state index in [-0.39, 0.29) is 42.7 Å². The monoisotopic (exact) mass is 1150 g/mol. The summed E-state index contributed by atoms with van der Waals surface area (Å²) in [5.41, 5.74) is 15.3. The Kier molecular flexibility index (Phi) is 13.1. The molecule has 0 saturated heterocycles. The smallest absolute Gasteiger partial charge is 0.135 e. The molecule has 0 fully saturated rings. The zero-order valence-corrected chi connectivity index (χ0v) is 46.3. The van der Waals surface area contributed by atoms with Crippen molar-refractivity contribution in [3.05, 3.63) is 246 Å². The number of aromatic nitrogens is 2. The van der Waals surface area contributed by atoms with Gasteiger partial charge in [0, 0.05) is 72.2 Å². The van der Waals surface area contributed by atoms with E-state index in [1.165, 1.54) is 44.5 Å². The van der Waals surface area contributed by atoms with Gasteiger partial charge in [0.2, 0.25) is 0 Å². The van der Waals surface area contributed by atoms with E-state index in [0.717, 1.165) is 50.4 Å². The van der Waals surface area contributed by atoms with Gasteiger partial charge in [-0.2, -0.15) is 12.1 Å². The molecule has 0 N–H and O–H groups in total. The average Bonchev–Trinajstić information content (AvgIpc) is 3.94. The summed E-state index contributed by atoms with van der Waals surface area (Å²) in [5.74, 6) is 2.00. The van der Waals surface area contributed by atoms with Crippen LogP contribution in [0.25, 0.3) is 38.8 Å². The molecule has 0 amide bonds. The van der Waals surface area contributed by atoms with Crippen LogP contribution in [0.2, 0.25) is 0 Å². The fourth-order valence-electron chi connectivity index (χ4n) is 10.3. The van der Waals surface area contributed by atoms with Crippen molar-refractivity contribution in [1.29, 1.82) is 0 Å². The van der Waals surface area contributed by atoms with E-state index in [1.54, 1.807) is 0 Å². The average molecular weight is 1150 g/mol. The van der Waals surface area contributed by atoms with Crippen molar-refractivity contribution in [2.45, 2.75) is 90.9 Å². The van der Waals surface area contributed by atoms with Crippen LogP contribution in [-0.2, 0) is 42.7 Å². The number of nitrogens with zero attached hydrogens (tertiary/aromatic N) is 4. The van der Waals surface area contributed by atoms with Crippen molar-refractivity contribution in [3.63, 3.8) is 0 Å². The van der Waals surface area contributed by atoms with Gasteiger partial charge in [0.05, 0.1) is 0 Å². The van der Waals surface area contributed by atoms with Crippen LogP contribution in [0.4, 0.5) is 22.7 Å². The van der Waals surface area contributed by atoms with E-state index in [0.29, 0.717) is 11.5 Å². The molecule has 2 aromatic heterocycles. The number of ether oxygens (including phenoxy) is 1. The summed E-state index contributed by atoms with van der Waals surface area (Å²) in [4.78, 5) is 9.66. The minimum absolute atomic E-state index is 0. The third-order valence-corrected chi connectivity index (χ3v) is 15.1. The number of hydrogen-bond donors (Lipinski definition) is 0. The van der Waals surface area contributed by atoms with Gasteiger partial charge in [0.15, 0.2) is 0 Å². The first-order valence-corrected chi connectivity index (χ1v) is 25.5. The molecule has 0 unspecified atom stereocenters. The van der Waals surface area contributed by atoms with E-state index >= 15 is 0 Å². The maximum Gasteiger partial charge on any atom is 0.135 e. The Morgan fingerprint density at radius 2 is 1.05 bits per heavy atom. The molecule has 0 radical (unpaired) electrons. The van der Waals surface area contributed by atoms with Crippen LogP contribution >= 0.6 is 0 Å². The maximum atomic E-state index is 6.83. The molecule has 6 heteroatoms. The minimum Gasteiger partial charge on any atom is -0.509 e. The molecule has 0 atom stereocenters. The number of rotatable bonds is 10. The van der Waals surface area contributed by atoms with Crippen molar-refractivity contribution in [2.24, 2.45) is 0 Å². The van der Waals surface area contributed by atoms with Crippen LogP contribution in [0.1, 0.15) is 103 Å². The Morgan fingerprint density at radius 1 is 0.446 bits per heavy atom. The first-order valence-electron chi connectivity index (χ1n) is 25.5. The third-order valence-electron chi connectivity index (χ3n) is 15.1. The summed E-state index contributed by atoms with van der Waals surface area (Å²) in [6, 6.07) is 75.0. The third kappa shape index (κ3) is 9.37. The predicted octanol–water partition coefficient (Wildman–Crippen LogP) is 17.9. The number of pyridine rings is 1. The fraction of sp³-hybridized carbons (Fsp3) is 0.206. The van der Waals surface area contributed by atoms with E-state index < -0.39 is 0 Å². The molecule has 0 aliphatic carbocycles. The maximum absolute atomic E-state index is 6.83. The van der Waals surface area contributed by atoms with Crippen molar-refractivity contribution < 1.29 is 25.8 Å². The van der Waals surface area contributed by atoms with E-state index in [4.69, 9.17) is 9.72 Å². The quantitative estimate of drug-likeness (QED) is 0.128. The van der Waals surface area contributed by atoms with Gasteiger partial charge in [-0.1, -0.05) is 190 Å². The molecular formula is C68H63N4OPt-3. The minimum atomic E-state index is -0.266. The SMILES string of the molecule is CC(C)(C)c1cc(-c2ccccc2)cc(N2[CH-]N(c3[c-]c(Oc4[c-]c5c(cc4)c4ccc(C(C)(C)c6ccccc6)cc4n5-c4cc(C(C)(C)c5ccccc5)ccn4)ccc3)c3ccc(C(C)(C)C)cc32)c1.[Pt]. The van der Waals surface area contributed by atoms with Gasteiger partial charge in [-0.15, -0.1) is 48.1 Å². The topological polar surface area (TPSA) is 33.5 Å². The molecule has 8 aromatic carbocycles. The van der Waals surface area contributed by atoms with E-state index in [1.807, 2.05) is 24.4 Å². The molecule has 0 spiro atoms. The van der Waals surface area contributed by atoms with Gasteiger partial charge in [-0.25, -0.2) is 4.98 Å². The zero-order valence-electron chi connectivity index (χ0n) is 44.1. The van der Waals surface area contributed by atoms with Gasteiger partial charge in [-0.3, -0.25) is 0 Å². The molecule has 5 nitrogen and oxygen atoms in total. The van der Waals surface area contributed by atoms with Crippen LogP contribution < -0.4 is 14.5 Å². The van der Waals surface area contributed by atoms with E-state index in [9.17, 15) is 0 Å². The van der Waals surface area contributed by atoms with Crippen molar-refractivity contribution in [2.75, 3.05) is 9.80 Å². The largest absolute Gasteiger partial charge is 0.509 e. The summed E-state index contributed by atoms with van der Waals surface area (Å²) in [6.07, 6.45) is 1.94. The van der Waals surface area contributed by atoms with Crippen molar-refractivity contribution in [3.8, 4) is 28.4 Å². The number of fused-ring (bicyclic) bond motifs is 4. The van der Waals surface area contributed by atoms with E-state index in [2.05, 4.69) is 272 Å². The normalized spacial score (nSPS) is 13.1. The number of benzene rings is 8. The van der Waals surface area contributed by atoms with Crippen molar-refractivity contribution >= 4 is 44.6 Å². The Morgan fingerprint density at radius 3 is 1.72 bits per heavy atom. The van der Waals surface area contributed by atoms with Gasteiger partial charge in [0.1, 0.15) is 5.82 Å². The first kappa shape index (κ1) is 50.3. The zero-order chi connectivity index (χ0) is 50.9. The summed E-state index contributed by atoms with van der Waals surface area (Å²) in [7, 11) is 0. The van der Waals surface area contributed by atoms with Crippen LogP contribution in [0.5, 0.6) is 11.5 Å². The van der Waals surface area contributed by atoms with Crippen molar-refractivity contribution in [1.82, 2.24) is 9.55 Å². The van der Waals surface area contributed by atoms with Gasteiger partial charge < -0.3 is 19.1 Å². The second-order valence-electron chi connectivity index (χ2n) is 22.7. The Labute approximate surface area is 452 Å². The Balaban J connectivity index is 0.00000626. The Hall–Kier alpha value is -7.20.